The number of carbonyl (C=O) groups excluding carboxylic acids is 1. The van der Waals surface area contributed by atoms with Gasteiger partial charge in [-0.1, -0.05) is 11.8 Å². The number of dihydropyridines is 1. The van der Waals surface area contributed by atoms with E-state index in [0.29, 0.717) is 17.8 Å². The number of aliphatic carboxylic acids is 1. The van der Waals surface area contributed by atoms with Gasteiger partial charge >= 0.3 is 5.97 Å². The van der Waals surface area contributed by atoms with Crippen molar-refractivity contribution in [3.05, 3.63) is 11.6 Å². The average molecular weight is 260 g/mol. The summed E-state index contributed by atoms with van der Waals surface area (Å²) < 4.78 is 25.1. The molecular weight excluding hydrogens is 254 g/mol. The third kappa shape index (κ3) is 3.35. The van der Waals surface area contributed by atoms with E-state index in [0.717, 1.165) is 0 Å². The maximum atomic E-state index is 12.6. The van der Waals surface area contributed by atoms with Gasteiger partial charge in [-0.15, -0.1) is 0 Å². The normalized spacial score (nSPS) is 19.6. The van der Waals surface area contributed by atoms with Crippen LogP contribution in [-0.2, 0) is 9.59 Å². The van der Waals surface area contributed by atoms with Crippen molar-refractivity contribution in [3.8, 4) is 6.07 Å². The molecule has 0 fully saturated rings. The molecule has 0 radical (unpaired) electrons. The fraction of sp³-hybridized carbons (Fsp3) is 0.333. The minimum atomic E-state index is -2.94. The van der Waals surface area contributed by atoms with Crippen molar-refractivity contribution >= 4 is 28.7 Å². The summed E-state index contributed by atoms with van der Waals surface area (Å²) in [6.07, 6.45) is -2.33. The lowest BCUT2D eigenvalue weighted by Crippen LogP contribution is -2.24. The minimum Gasteiger partial charge on any atom is -0.481 e. The van der Waals surface area contributed by atoms with E-state index in [4.69, 9.17) is 10.4 Å². The smallest absolute Gasteiger partial charge is 0.313 e. The molecule has 1 atom stereocenters. The summed E-state index contributed by atoms with van der Waals surface area (Å²) in [6, 6.07) is 1.58. The summed E-state index contributed by atoms with van der Waals surface area (Å²) in [6.45, 7) is 0. The second-order valence-corrected chi connectivity index (χ2v) is 3.97. The first-order valence-corrected chi connectivity index (χ1v) is 5.30. The number of carboxylic acid groups (broad SMARTS) is 1. The zero-order valence-electron chi connectivity index (χ0n) is 8.26. The highest BCUT2D eigenvalue weighted by molar-refractivity contribution is 8.14. The maximum absolute atomic E-state index is 12.6. The first-order valence-electron chi connectivity index (χ1n) is 4.32. The lowest BCUT2D eigenvalue weighted by atomic mass is 9.99. The van der Waals surface area contributed by atoms with Gasteiger partial charge in [0.05, 0.1) is 16.9 Å². The van der Waals surface area contributed by atoms with Gasteiger partial charge < -0.3 is 5.11 Å². The highest BCUT2D eigenvalue weighted by Crippen LogP contribution is 2.28. The molecule has 1 amide bonds. The van der Waals surface area contributed by atoms with Crippen molar-refractivity contribution in [2.75, 3.05) is 5.75 Å². The van der Waals surface area contributed by atoms with E-state index in [-0.39, 0.29) is 5.04 Å². The molecule has 0 bridgehead atoms. The van der Waals surface area contributed by atoms with E-state index >= 15 is 0 Å². The molecule has 1 aliphatic rings. The van der Waals surface area contributed by atoms with Crippen molar-refractivity contribution in [2.24, 2.45) is 10.9 Å². The van der Waals surface area contributed by atoms with Gasteiger partial charge in [-0.2, -0.15) is 5.26 Å². The second-order valence-electron chi connectivity index (χ2n) is 2.98. The van der Waals surface area contributed by atoms with Crippen LogP contribution in [0.4, 0.5) is 8.78 Å². The van der Waals surface area contributed by atoms with Crippen LogP contribution < -0.4 is 0 Å². The number of rotatable bonds is 3. The van der Waals surface area contributed by atoms with Gasteiger partial charge in [0.1, 0.15) is 5.92 Å². The van der Waals surface area contributed by atoms with Gasteiger partial charge in [-0.05, 0) is 0 Å². The van der Waals surface area contributed by atoms with Crippen molar-refractivity contribution in [1.29, 1.82) is 5.26 Å². The SMILES string of the molecule is N#CC1C(C(F)F)=CC(=O)N=C1SCC(=O)O. The molecule has 1 N–H and O–H groups in total. The van der Waals surface area contributed by atoms with Crippen LogP contribution in [0.2, 0.25) is 0 Å². The number of amides is 1. The molecule has 5 nitrogen and oxygen atoms in total. The number of aliphatic imine (C=N–C) groups is 1. The summed E-state index contributed by atoms with van der Waals surface area (Å²) >= 11 is 0.596. The van der Waals surface area contributed by atoms with Crippen molar-refractivity contribution in [2.45, 2.75) is 6.43 Å². The van der Waals surface area contributed by atoms with Gasteiger partial charge in [0, 0.05) is 11.6 Å². The predicted octanol–water partition coefficient (Wildman–Crippen LogP) is 1.07. The topological polar surface area (TPSA) is 90.5 Å². The zero-order valence-corrected chi connectivity index (χ0v) is 9.08. The zero-order chi connectivity index (χ0) is 13.0. The first-order chi connectivity index (χ1) is 7.95. The van der Waals surface area contributed by atoms with Crippen LogP contribution in [0.1, 0.15) is 0 Å². The Balaban J connectivity index is 2.94. The highest BCUT2D eigenvalue weighted by Gasteiger charge is 2.32. The summed E-state index contributed by atoms with van der Waals surface area (Å²) in [7, 11) is 0. The Bertz CT molecular complexity index is 454. The van der Waals surface area contributed by atoms with Crippen molar-refractivity contribution in [1.82, 2.24) is 0 Å². The summed E-state index contributed by atoms with van der Waals surface area (Å²) in [5.74, 6) is -3.88. The molecule has 90 valence electrons. The minimum absolute atomic E-state index is 0.197. The fourth-order valence-corrected chi connectivity index (χ4v) is 1.93. The molecule has 17 heavy (non-hydrogen) atoms. The van der Waals surface area contributed by atoms with E-state index in [1.165, 1.54) is 0 Å². The predicted molar refractivity (Wildman–Crippen MR) is 55.7 cm³/mol. The maximum Gasteiger partial charge on any atom is 0.313 e. The molecule has 8 heteroatoms. The third-order valence-electron chi connectivity index (χ3n) is 1.82. The molecule has 1 rings (SSSR count). The number of nitriles is 1. The van der Waals surface area contributed by atoms with E-state index in [1.54, 1.807) is 6.07 Å². The molecule has 0 aromatic heterocycles. The summed E-state index contributed by atoms with van der Waals surface area (Å²) in [5, 5.41) is 17.0. The molecule has 1 aliphatic heterocycles. The fourth-order valence-electron chi connectivity index (χ4n) is 1.14. The molecule has 1 heterocycles. The van der Waals surface area contributed by atoms with Crippen LogP contribution >= 0.6 is 11.8 Å². The Morgan fingerprint density at radius 3 is 2.82 bits per heavy atom. The average Bonchev–Trinajstić information content (AvgIpc) is 2.25. The third-order valence-corrected chi connectivity index (χ3v) is 2.83. The lowest BCUT2D eigenvalue weighted by molar-refractivity contribution is -0.133. The van der Waals surface area contributed by atoms with Crippen molar-refractivity contribution < 1.29 is 23.5 Å². The van der Waals surface area contributed by atoms with Gasteiger partial charge in [-0.25, -0.2) is 13.8 Å². The monoisotopic (exact) mass is 260 g/mol. The molecule has 0 aliphatic carbocycles. The van der Waals surface area contributed by atoms with Crippen molar-refractivity contribution in [3.63, 3.8) is 0 Å². The number of hydrogen-bond donors (Lipinski definition) is 1. The Morgan fingerprint density at radius 1 is 1.71 bits per heavy atom. The number of carbonyl (C=O) groups is 2. The molecule has 1 unspecified atom stereocenters. The molecule has 0 saturated carbocycles. The quantitative estimate of drug-likeness (QED) is 0.819. The van der Waals surface area contributed by atoms with E-state index in [2.05, 4.69) is 4.99 Å². The number of halogens is 2. The number of hydrogen-bond acceptors (Lipinski definition) is 4. The Morgan fingerprint density at radius 2 is 2.35 bits per heavy atom. The molecule has 0 saturated heterocycles. The first kappa shape index (κ1) is 13.3. The van der Waals surface area contributed by atoms with Crippen LogP contribution in [0.25, 0.3) is 0 Å². The molecule has 0 aromatic carbocycles. The van der Waals surface area contributed by atoms with Crippen LogP contribution in [0.15, 0.2) is 16.6 Å². The molecule has 0 aromatic rings. The lowest BCUT2D eigenvalue weighted by Gasteiger charge is -2.17. The van der Waals surface area contributed by atoms with Crippen LogP contribution in [-0.4, -0.2) is 34.2 Å². The largest absolute Gasteiger partial charge is 0.481 e. The molecular formula is C9H6F2N2O3S. The highest BCUT2D eigenvalue weighted by atomic mass is 32.2. The summed E-state index contributed by atoms with van der Waals surface area (Å²) in [4.78, 5) is 24.7. The number of allylic oxidation sites excluding steroid dienone is 1. The van der Waals surface area contributed by atoms with E-state index in [9.17, 15) is 18.4 Å². The Hall–Kier alpha value is -1.75. The van der Waals surface area contributed by atoms with Gasteiger partial charge in [0.2, 0.25) is 0 Å². The second kappa shape index (κ2) is 5.54. The van der Waals surface area contributed by atoms with Crippen LogP contribution in [0.5, 0.6) is 0 Å². The van der Waals surface area contributed by atoms with Gasteiger partial charge in [0.15, 0.2) is 0 Å². The van der Waals surface area contributed by atoms with Gasteiger partial charge in [-0.3, -0.25) is 9.59 Å². The Kier molecular flexibility index (Phi) is 4.34. The van der Waals surface area contributed by atoms with E-state index in [1.807, 2.05) is 0 Å². The van der Waals surface area contributed by atoms with Gasteiger partial charge in [0.25, 0.3) is 12.3 Å². The van der Waals surface area contributed by atoms with E-state index < -0.39 is 35.5 Å². The van der Waals surface area contributed by atoms with Crippen LogP contribution in [0, 0.1) is 17.2 Å². The number of thioether (sulfide) groups is 1. The standard InChI is InChI=1S/C9H6F2N2O3S/c10-8(11)4-1-6(14)13-9(5(4)2-12)17-3-7(15)16/h1,5,8H,3H2,(H,15,16). The molecule has 0 spiro atoms. The number of nitrogens with zero attached hydrogens (tertiary/aromatic N) is 2. The number of carboxylic acids is 1. The van der Waals surface area contributed by atoms with Crippen LogP contribution in [0.3, 0.4) is 0 Å². The summed E-state index contributed by atoms with van der Waals surface area (Å²) in [5.41, 5.74) is -0.639. The Labute approximate surface area is 98.8 Å². The number of alkyl halides is 2.